The summed E-state index contributed by atoms with van der Waals surface area (Å²) in [6, 6.07) is 10.4. The Morgan fingerprint density at radius 2 is 1.97 bits per heavy atom. The van der Waals surface area contributed by atoms with Crippen LogP contribution in [0.1, 0.15) is 22.8 Å². The quantitative estimate of drug-likeness (QED) is 0.291. The van der Waals surface area contributed by atoms with Crippen LogP contribution in [0.25, 0.3) is 6.08 Å². The zero-order valence-corrected chi connectivity index (χ0v) is 20.6. The summed E-state index contributed by atoms with van der Waals surface area (Å²) in [4.78, 5) is 30.8. The molecule has 1 saturated heterocycles. The number of likely N-dealkylation sites (N-methyl/N-ethyl adjacent to an activating group) is 1. The van der Waals surface area contributed by atoms with Gasteiger partial charge in [0, 0.05) is 16.2 Å². The molecule has 0 aromatic heterocycles. The third-order valence-electron chi connectivity index (χ3n) is 3.95. The lowest BCUT2D eigenvalue weighted by molar-refractivity contribution is -0.121. The van der Waals surface area contributed by atoms with E-state index in [0.717, 1.165) is 7.14 Å². The number of aromatic hydroxyl groups is 1. The molecule has 1 aliphatic heterocycles. The van der Waals surface area contributed by atoms with Gasteiger partial charge < -0.3 is 9.84 Å². The summed E-state index contributed by atoms with van der Waals surface area (Å²) >= 11 is 5.47. The number of rotatable bonds is 4. The van der Waals surface area contributed by atoms with Gasteiger partial charge in [-0.05, 0) is 106 Å². The van der Waals surface area contributed by atoms with Gasteiger partial charge in [0.05, 0.1) is 26.3 Å². The molecule has 1 N–H and O–H groups in total. The molecule has 0 radical (unpaired) electrons. The summed E-state index contributed by atoms with van der Waals surface area (Å²) in [7, 11) is 1.65. The minimum atomic E-state index is -0.383. The highest BCUT2D eigenvalue weighted by Gasteiger charge is 2.30. The molecule has 29 heavy (non-hydrogen) atoms. The first kappa shape index (κ1) is 22.1. The Morgan fingerprint density at radius 1 is 1.28 bits per heavy atom. The van der Waals surface area contributed by atoms with Crippen LogP contribution in [0.4, 0.5) is 5.69 Å². The number of carbonyl (C=O) groups excluding carboxylic acids is 2. The van der Waals surface area contributed by atoms with Crippen molar-refractivity contribution in [1.82, 2.24) is 4.90 Å². The highest BCUT2D eigenvalue weighted by Crippen LogP contribution is 2.36. The SMILES string of the molecule is CCOC(=O)c1ccc(N=C2S/C(=C\c3cc(I)cc(I)c3O)C(=O)N2C)cc1. The molecular weight excluding hydrogens is 618 g/mol. The fraction of sp³-hybridized carbons (Fsp3) is 0.150. The lowest BCUT2D eigenvalue weighted by Gasteiger charge is -2.07. The summed E-state index contributed by atoms with van der Waals surface area (Å²) < 4.78 is 6.66. The summed E-state index contributed by atoms with van der Waals surface area (Å²) in [5.41, 5.74) is 1.65. The monoisotopic (exact) mass is 634 g/mol. The van der Waals surface area contributed by atoms with Crippen molar-refractivity contribution in [2.24, 2.45) is 4.99 Å². The topological polar surface area (TPSA) is 79.2 Å². The highest BCUT2D eigenvalue weighted by atomic mass is 127. The van der Waals surface area contributed by atoms with E-state index in [1.54, 1.807) is 44.3 Å². The molecule has 6 nitrogen and oxygen atoms in total. The van der Waals surface area contributed by atoms with Gasteiger partial charge in [-0.3, -0.25) is 9.69 Å². The number of halogens is 2. The fourth-order valence-corrected chi connectivity index (χ4v) is 5.35. The number of phenolic OH excluding ortho intramolecular Hbond substituents is 1. The molecule has 0 unspecified atom stereocenters. The third-order valence-corrected chi connectivity index (χ3v) is 6.46. The van der Waals surface area contributed by atoms with Crippen molar-refractivity contribution < 1.29 is 19.4 Å². The van der Waals surface area contributed by atoms with Gasteiger partial charge in [-0.1, -0.05) is 0 Å². The zero-order valence-electron chi connectivity index (χ0n) is 15.5. The molecule has 1 amide bonds. The Morgan fingerprint density at radius 3 is 2.62 bits per heavy atom. The number of carbonyl (C=O) groups is 2. The standard InChI is InChI=1S/C20H16I2N2O4S/c1-3-28-19(27)11-4-6-14(7-5-11)23-20-24(2)18(26)16(29-20)9-12-8-13(21)10-15(22)17(12)25/h4-10,25H,3H2,1-2H3/b16-9-,23-20?. The summed E-state index contributed by atoms with van der Waals surface area (Å²) in [5, 5.41) is 10.8. The van der Waals surface area contributed by atoms with Crippen molar-refractivity contribution in [2.45, 2.75) is 6.92 Å². The second-order valence-corrected chi connectivity index (χ2v) is 9.38. The number of ether oxygens (including phenoxy) is 1. The van der Waals surface area contributed by atoms with Gasteiger partial charge in [0.1, 0.15) is 5.75 Å². The lowest BCUT2D eigenvalue weighted by atomic mass is 10.2. The molecule has 0 saturated carbocycles. The van der Waals surface area contributed by atoms with Gasteiger partial charge in [0.2, 0.25) is 0 Å². The van der Waals surface area contributed by atoms with Crippen LogP contribution < -0.4 is 0 Å². The van der Waals surface area contributed by atoms with Gasteiger partial charge in [0.25, 0.3) is 5.91 Å². The number of nitrogens with zero attached hydrogens (tertiary/aromatic N) is 2. The number of amidine groups is 1. The Balaban J connectivity index is 1.86. The molecule has 0 atom stereocenters. The first-order chi connectivity index (χ1) is 13.8. The number of amides is 1. The van der Waals surface area contributed by atoms with Crippen LogP contribution in [0.2, 0.25) is 0 Å². The second kappa shape index (κ2) is 9.47. The zero-order chi connectivity index (χ0) is 21.1. The molecule has 1 fully saturated rings. The van der Waals surface area contributed by atoms with E-state index in [-0.39, 0.29) is 17.6 Å². The predicted octanol–water partition coefficient (Wildman–Crippen LogP) is 5.01. The Bertz CT molecular complexity index is 1040. The van der Waals surface area contributed by atoms with Gasteiger partial charge in [-0.15, -0.1) is 0 Å². The number of benzene rings is 2. The van der Waals surface area contributed by atoms with Crippen molar-refractivity contribution in [3.63, 3.8) is 0 Å². The van der Waals surface area contributed by atoms with E-state index in [1.807, 2.05) is 12.1 Å². The van der Waals surface area contributed by atoms with E-state index in [1.165, 1.54) is 16.7 Å². The lowest BCUT2D eigenvalue weighted by Crippen LogP contribution is -2.23. The molecular formula is C20H16I2N2O4S. The van der Waals surface area contributed by atoms with Crippen LogP contribution in [0.3, 0.4) is 0 Å². The molecule has 1 heterocycles. The van der Waals surface area contributed by atoms with Crippen molar-refractivity contribution in [3.8, 4) is 5.75 Å². The maximum Gasteiger partial charge on any atom is 0.338 e. The van der Waals surface area contributed by atoms with E-state index in [2.05, 4.69) is 50.2 Å². The Labute approximate surface area is 199 Å². The van der Waals surface area contributed by atoms with Crippen LogP contribution in [-0.2, 0) is 9.53 Å². The molecule has 0 spiro atoms. The molecule has 0 bridgehead atoms. The van der Waals surface area contributed by atoms with E-state index in [0.29, 0.717) is 33.5 Å². The number of hydrogen-bond acceptors (Lipinski definition) is 6. The van der Waals surface area contributed by atoms with Crippen LogP contribution in [-0.4, -0.2) is 40.7 Å². The number of esters is 1. The summed E-state index contributed by atoms with van der Waals surface area (Å²) in [6.07, 6.45) is 1.68. The van der Waals surface area contributed by atoms with Crippen LogP contribution in [0.5, 0.6) is 5.75 Å². The van der Waals surface area contributed by atoms with Crippen molar-refractivity contribution in [1.29, 1.82) is 0 Å². The van der Waals surface area contributed by atoms with Crippen LogP contribution in [0, 0.1) is 7.14 Å². The summed E-state index contributed by atoms with van der Waals surface area (Å²) in [5.74, 6) is -0.425. The maximum absolute atomic E-state index is 12.6. The van der Waals surface area contributed by atoms with Gasteiger partial charge >= 0.3 is 5.97 Å². The smallest absolute Gasteiger partial charge is 0.338 e. The highest BCUT2D eigenvalue weighted by molar-refractivity contribution is 14.1. The largest absolute Gasteiger partial charge is 0.506 e. The predicted molar refractivity (Wildman–Crippen MR) is 131 cm³/mol. The minimum absolute atomic E-state index is 0.148. The molecule has 1 aliphatic rings. The molecule has 2 aromatic rings. The van der Waals surface area contributed by atoms with Crippen molar-refractivity contribution in [2.75, 3.05) is 13.7 Å². The fourth-order valence-electron chi connectivity index (χ4n) is 2.49. The van der Waals surface area contributed by atoms with Gasteiger partial charge in [-0.2, -0.15) is 0 Å². The number of hydrogen-bond donors (Lipinski definition) is 1. The number of thioether (sulfide) groups is 1. The first-order valence-corrected chi connectivity index (χ1v) is 11.5. The number of aliphatic imine (C=N–C) groups is 1. The van der Waals surface area contributed by atoms with Crippen molar-refractivity contribution >= 4 is 85.8 Å². The number of phenols is 1. The average Bonchev–Trinajstić information content (AvgIpc) is 2.94. The van der Waals surface area contributed by atoms with Gasteiger partial charge in [-0.25, -0.2) is 9.79 Å². The second-order valence-electron chi connectivity index (χ2n) is 5.96. The molecule has 3 rings (SSSR count). The summed E-state index contributed by atoms with van der Waals surface area (Å²) in [6.45, 7) is 2.07. The van der Waals surface area contributed by atoms with Crippen molar-refractivity contribution in [3.05, 3.63) is 59.6 Å². The first-order valence-electron chi connectivity index (χ1n) is 8.51. The van der Waals surface area contributed by atoms with E-state index in [9.17, 15) is 14.7 Å². The Kier molecular flexibility index (Phi) is 7.22. The third kappa shape index (κ3) is 5.12. The molecule has 0 aliphatic carbocycles. The van der Waals surface area contributed by atoms with E-state index >= 15 is 0 Å². The Hall–Kier alpha value is -1.60. The molecule has 150 valence electrons. The van der Waals surface area contributed by atoms with E-state index in [4.69, 9.17) is 4.74 Å². The maximum atomic E-state index is 12.6. The molecule has 2 aromatic carbocycles. The van der Waals surface area contributed by atoms with Crippen LogP contribution in [0.15, 0.2) is 46.3 Å². The normalized spacial score (nSPS) is 16.7. The van der Waals surface area contributed by atoms with E-state index < -0.39 is 0 Å². The van der Waals surface area contributed by atoms with Crippen LogP contribution >= 0.6 is 56.9 Å². The van der Waals surface area contributed by atoms with Gasteiger partial charge in [0.15, 0.2) is 5.17 Å². The average molecular weight is 634 g/mol. The molecule has 9 heteroatoms. The minimum Gasteiger partial charge on any atom is -0.506 e.